The molecule has 0 bridgehead atoms. The van der Waals surface area contributed by atoms with E-state index in [0.29, 0.717) is 5.92 Å². The molecule has 1 aromatic heterocycles. The van der Waals surface area contributed by atoms with E-state index in [1.807, 2.05) is 12.1 Å². The monoisotopic (exact) mass is 194 g/mol. The minimum atomic E-state index is 0.679. The molecule has 2 heterocycles. The lowest BCUT2D eigenvalue weighted by Crippen LogP contribution is -2.37. The molecule has 0 aromatic carbocycles. The molecule has 1 atom stereocenters. The lowest BCUT2D eigenvalue weighted by atomic mass is 9.98. The molecular formula is C11H18N2O. The van der Waals surface area contributed by atoms with Crippen LogP contribution in [0.2, 0.25) is 0 Å². The van der Waals surface area contributed by atoms with Gasteiger partial charge in [-0.15, -0.1) is 0 Å². The Morgan fingerprint density at radius 2 is 2.50 bits per heavy atom. The van der Waals surface area contributed by atoms with Gasteiger partial charge >= 0.3 is 0 Å². The van der Waals surface area contributed by atoms with Gasteiger partial charge in [-0.3, -0.25) is 4.90 Å². The summed E-state index contributed by atoms with van der Waals surface area (Å²) < 4.78 is 5.33. The van der Waals surface area contributed by atoms with Crippen molar-refractivity contribution in [2.24, 2.45) is 11.7 Å². The van der Waals surface area contributed by atoms with E-state index in [4.69, 9.17) is 10.2 Å². The molecule has 0 unspecified atom stereocenters. The zero-order chi connectivity index (χ0) is 9.80. The average Bonchev–Trinajstić information content (AvgIpc) is 2.71. The van der Waals surface area contributed by atoms with E-state index in [1.165, 1.54) is 19.4 Å². The van der Waals surface area contributed by atoms with E-state index in [-0.39, 0.29) is 0 Å². The minimum Gasteiger partial charge on any atom is -0.468 e. The molecule has 0 saturated carbocycles. The van der Waals surface area contributed by atoms with Crippen LogP contribution < -0.4 is 5.73 Å². The number of nitrogens with two attached hydrogens (primary N) is 1. The van der Waals surface area contributed by atoms with E-state index < -0.39 is 0 Å². The molecule has 1 fully saturated rings. The Labute approximate surface area is 84.9 Å². The zero-order valence-corrected chi connectivity index (χ0v) is 8.48. The van der Waals surface area contributed by atoms with Crippen molar-refractivity contribution in [1.82, 2.24) is 4.90 Å². The second-order valence-electron chi connectivity index (χ2n) is 4.06. The molecule has 0 aliphatic carbocycles. The summed E-state index contributed by atoms with van der Waals surface area (Å²) in [6, 6.07) is 3.98. The highest BCUT2D eigenvalue weighted by atomic mass is 16.3. The van der Waals surface area contributed by atoms with Gasteiger partial charge in [0.25, 0.3) is 0 Å². The number of rotatable bonds is 3. The van der Waals surface area contributed by atoms with E-state index in [2.05, 4.69) is 4.90 Å². The van der Waals surface area contributed by atoms with Gasteiger partial charge in [0.05, 0.1) is 12.8 Å². The number of hydrogen-bond acceptors (Lipinski definition) is 3. The van der Waals surface area contributed by atoms with Crippen molar-refractivity contribution in [2.75, 3.05) is 19.6 Å². The second kappa shape index (κ2) is 4.62. The Kier molecular flexibility index (Phi) is 3.22. The molecule has 78 valence electrons. The summed E-state index contributed by atoms with van der Waals surface area (Å²) in [5, 5.41) is 0. The minimum absolute atomic E-state index is 0.679. The molecule has 2 N–H and O–H groups in total. The first-order chi connectivity index (χ1) is 6.88. The molecular weight excluding hydrogens is 176 g/mol. The van der Waals surface area contributed by atoms with Crippen molar-refractivity contribution in [3.05, 3.63) is 24.2 Å². The lowest BCUT2D eigenvalue weighted by Gasteiger charge is -2.31. The van der Waals surface area contributed by atoms with Crippen molar-refractivity contribution in [1.29, 1.82) is 0 Å². The first kappa shape index (κ1) is 9.74. The van der Waals surface area contributed by atoms with Crippen molar-refractivity contribution < 1.29 is 4.42 Å². The fourth-order valence-corrected chi connectivity index (χ4v) is 2.11. The largest absolute Gasteiger partial charge is 0.468 e. The maximum atomic E-state index is 5.69. The predicted molar refractivity (Wildman–Crippen MR) is 55.8 cm³/mol. The number of nitrogens with zero attached hydrogens (tertiary/aromatic N) is 1. The molecule has 0 radical (unpaired) electrons. The standard InChI is InChI=1S/C11H18N2O/c12-7-10-3-1-5-13(8-10)9-11-4-2-6-14-11/h2,4,6,10H,1,3,5,7-9,12H2/t10-/m0/s1. The third-order valence-electron chi connectivity index (χ3n) is 2.90. The predicted octanol–water partition coefficient (Wildman–Crippen LogP) is 1.45. The van der Waals surface area contributed by atoms with Crippen LogP contribution in [-0.2, 0) is 6.54 Å². The van der Waals surface area contributed by atoms with Gasteiger partial charge in [0.1, 0.15) is 5.76 Å². The topological polar surface area (TPSA) is 42.4 Å². The van der Waals surface area contributed by atoms with Gasteiger partial charge < -0.3 is 10.2 Å². The van der Waals surface area contributed by atoms with Crippen LogP contribution in [0.3, 0.4) is 0 Å². The molecule has 0 spiro atoms. The third kappa shape index (κ3) is 2.36. The van der Waals surface area contributed by atoms with Gasteiger partial charge in [0.2, 0.25) is 0 Å². The fourth-order valence-electron chi connectivity index (χ4n) is 2.11. The summed E-state index contributed by atoms with van der Waals surface area (Å²) in [6.07, 6.45) is 4.29. The highest BCUT2D eigenvalue weighted by Crippen LogP contribution is 2.17. The van der Waals surface area contributed by atoms with Crippen LogP contribution in [0.25, 0.3) is 0 Å². The summed E-state index contributed by atoms with van der Waals surface area (Å²) in [5.74, 6) is 1.74. The molecule has 0 amide bonds. The first-order valence-electron chi connectivity index (χ1n) is 5.33. The molecule has 14 heavy (non-hydrogen) atoms. The van der Waals surface area contributed by atoms with Gasteiger partial charge in [0, 0.05) is 6.54 Å². The maximum Gasteiger partial charge on any atom is 0.117 e. The van der Waals surface area contributed by atoms with Crippen LogP contribution in [0.5, 0.6) is 0 Å². The zero-order valence-electron chi connectivity index (χ0n) is 8.48. The molecule has 1 aromatic rings. The molecule has 1 aliphatic rings. The number of hydrogen-bond donors (Lipinski definition) is 1. The highest BCUT2D eigenvalue weighted by Gasteiger charge is 2.18. The number of furan rings is 1. The fraction of sp³-hybridized carbons (Fsp3) is 0.636. The summed E-state index contributed by atoms with van der Waals surface area (Å²) in [7, 11) is 0. The Morgan fingerprint density at radius 3 is 3.21 bits per heavy atom. The lowest BCUT2D eigenvalue weighted by molar-refractivity contribution is 0.160. The van der Waals surface area contributed by atoms with Crippen molar-refractivity contribution >= 4 is 0 Å². The van der Waals surface area contributed by atoms with Crippen LogP contribution in [-0.4, -0.2) is 24.5 Å². The van der Waals surface area contributed by atoms with E-state index in [0.717, 1.165) is 25.4 Å². The Bertz CT molecular complexity index is 258. The van der Waals surface area contributed by atoms with Gasteiger partial charge in [-0.25, -0.2) is 0 Å². The first-order valence-corrected chi connectivity index (χ1v) is 5.33. The molecule has 1 saturated heterocycles. The SMILES string of the molecule is NC[C@@H]1CCCN(Cc2ccco2)C1. The summed E-state index contributed by atoms with van der Waals surface area (Å²) in [4.78, 5) is 2.43. The molecule has 3 heteroatoms. The summed E-state index contributed by atoms with van der Waals surface area (Å²) in [6.45, 7) is 4.05. The van der Waals surface area contributed by atoms with Crippen LogP contribution in [0.15, 0.2) is 22.8 Å². The van der Waals surface area contributed by atoms with E-state index in [9.17, 15) is 0 Å². The summed E-state index contributed by atoms with van der Waals surface area (Å²) >= 11 is 0. The van der Waals surface area contributed by atoms with Gasteiger partial charge in [-0.1, -0.05) is 0 Å². The third-order valence-corrected chi connectivity index (χ3v) is 2.90. The Morgan fingerprint density at radius 1 is 1.57 bits per heavy atom. The summed E-state index contributed by atoms with van der Waals surface area (Å²) in [5.41, 5.74) is 5.69. The highest BCUT2D eigenvalue weighted by molar-refractivity contribution is 4.98. The second-order valence-corrected chi connectivity index (χ2v) is 4.06. The molecule has 3 nitrogen and oxygen atoms in total. The Hall–Kier alpha value is -0.800. The van der Waals surface area contributed by atoms with E-state index >= 15 is 0 Å². The van der Waals surface area contributed by atoms with Gasteiger partial charge in [-0.2, -0.15) is 0 Å². The molecule has 1 aliphatic heterocycles. The van der Waals surface area contributed by atoms with Crippen molar-refractivity contribution in [3.63, 3.8) is 0 Å². The van der Waals surface area contributed by atoms with E-state index in [1.54, 1.807) is 6.26 Å². The smallest absolute Gasteiger partial charge is 0.117 e. The number of likely N-dealkylation sites (tertiary alicyclic amines) is 1. The number of piperidine rings is 1. The van der Waals surface area contributed by atoms with Crippen LogP contribution in [0, 0.1) is 5.92 Å². The average molecular weight is 194 g/mol. The normalized spacial score (nSPS) is 23.9. The maximum absolute atomic E-state index is 5.69. The Balaban J connectivity index is 1.86. The van der Waals surface area contributed by atoms with Crippen LogP contribution >= 0.6 is 0 Å². The van der Waals surface area contributed by atoms with Crippen LogP contribution in [0.1, 0.15) is 18.6 Å². The van der Waals surface area contributed by atoms with Gasteiger partial charge in [-0.05, 0) is 44.0 Å². The van der Waals surface area contributed by atoms with Crippen molar-refractivity contribution in [3.8, 4) is 0 Å². The van der Waals surface area contributed by atoms with Crippen LogP contribution in [0.4, 0.5) is 0 Å². The van der Waals surface area contributed by atoms with Gasteiger partial charge in [0.15, 0.2) is 0 Å². The molecule has 2 rings (SSSR count). The quantitative estimate of drug-likeness (QED) is 0.792. The van der Waals surface area contributed by atoms with Crippen molar-refractivity contribution in [2.45, 2.75) is 19.4 Å².